The van der Waals surface area contributed by atoms with E-state index in [0.717, 1.165) is 11.0 Å². The molecule has 0 spiro atoms. The Morgan fingerprint density at radius 3 is 2.26 bits per heavy atom. The molecule has 2 heterocycles. The minimum Gasteiger partial charge on any atom is -0.507 e. The molecule has 0 bridgehead atoms. The van der Waals surface area contributed by atoms with Crippen LogP contribution in [0.25, 0.3) is 0 Å². The number of benzene rings is 3. The zero-order valence-electron chi connectivity index (χ0n) is 32.7. The summed E-state index contributed by atoms with van der Waals surface area (Å²) in [5, 5.41) is 49.1. The van der Waals surface area contributed by atoms with Crippen molar-refractivity contribution in [3.05, 3.63) is 81.4 Å². The predicted molar refractivity (Wildman–Crippen MR) is 209 cm³/mol. The average molecular weight is 804 g/mol. The van der Waals surface area contributed by atoms with Gasteiger partial charge in [0.25, 0.3) is 5.17 Å². The van der Waals surface area contributed by atoms with Crippen LogP contribution in [0.2, 0.25) is 0 Å². The molecule has 14 nitrogen and oxygen atoms in total. The molecular weight excluding hydrogens is 757 g/mol. The van der Waals surface area contributed by atoms with Crippen molar-refractivity contribution in [2.75, 3.05) is 7.11 Å². The monoisotopic (exact) mass is 803 g/mol. The summed E-state index contributed by atoms with van der Waals surface area (Å²) in [6.45, 7) is 10.9. The molecule has 3 aromatic carbocycles. The molecule has 57 heavy (non-hydrogen) atoms. The summed E-state index contributed by atoms with van der Waals surface area (Å²) in [6, 6.07) is 11.2. The van der Waals surface area contributed by atoms with E-state index in [1.54, 1.807) is 6.92 Å². The Bertz CT molecular complexity index is 2140. The van der Waals surface area contributed by atoms with Gasteiger partial charge >= 0.3 is 7.12 Å². The molecule has 2 saturated heterocycles. The number of ketones is 3. The van der Waals surface area contributed by atoms with Crippen molar-refractivity contribution in [1.29, 1.82) is 0 Å². The van der Waals surface area contributed by atoms with Gasteiger partial charge in [-0.1, -0.05) is 36.4 Å². The van der Waals surface area contributed by atoms with Crippen LogP contribution in [-0.2, 0) is 41.3 Å². The van der Waals surface area contributed by atoms with Crippen molar-refractivity contribution in [3.8, 4) is 17.2 Å². The van der Waals surface area contributed by atoms with Crippen LogP contribution in [0.1, 0.15) is 109 Å². The van der Waals surface area contributed by atoms with E-state index >= 15 is 0 Å². The standard InChI is InChI=1S/C41H46BNO13S/c1-19-33(45)25(43-38(57)52-18-21-11-13-22(14-12-21)42-55-39(3,4)40(5,6)56-42)15-28(53-19)54-27-17-41(50,20(2)44)16-24-30(27)37(49)32-31(35(24)47)34(46)23-9-8-10-26(51-7)29(23)36(32)48/h8-14,19,25,27-28,33,45,47,49-50H,15-18H2,1-7H3,(H,43,57)/t19-,25-,27-,28-,33-,41-/m0/s1. The lowest BCUT2D eigenvalue weighted by atomic mass is 9.72. The zero-order valence-corrected chi connectivity index (χ0v) is 33.5. The second kappa shape index (κ2) is 14.8. The smallest absolute Gasteiger partial charge is 0.494 e. The fraction of sp³-hybridized carbons (Fsp3) is 0.463. The van der Waals surface area contributed by atoms with Gasteiger partial charge in [0.1, 0.15) is 35.6 Å². The second-order valence-electron chi connectivity index (χ2n) is 16.1. The summed E-state index contributed by atoms with van der Waals surface area (Å²) in [4.78, 5) is 40.6. The minimum atomic E-state index is -2.08. The maximum atomic E-state index is 14.0. The van der Waals surface area contributed by atoms with Crippen molar-refractivity contribution in [2.24, 2.45) is 0 Å². The van der Waals surface area contributed by atoms with E-state index < -0.39 is 101 Å². The van der Waals surface area contributed by atoms with Gasteiger partial charge in [0, 0.05) is 36.0 Å². The molecule has 2 aliphatic carbocycles. The third-order valence-electron chi connectivity index (χ3n) is 11.9. The number of rotatable bonds is 8. The second-order valence-corrected chi connectivity index (χ2v) is 16.5. The van der Waals surface area contributed by atoms with Gasteiger partial charge < -0.3 is 54.0 Å². The number of ether oxygens (including phenoxy) is 4. The van der Waals surface area contributed by atoms with Gasteiger partial charge in [0.05, 0.1) is 53.3 Å². The molecule has 2 fully saturated rings. The number of methoxy groups -OCH3 is 1. The number of carbonyl (C=O) groups excluding carboxylic acids is 3. The van der Waals surface area contributed by atoms with E-state index in [-0.39, 0.29) is 52.6 Å². The Hall–Kier alpha value is -4.42. The Morgan fingerprint density at radius 1 is 0.982 bits per heavy atom. The van der Waals surface area contributed by atoms with Gasteiger partial charge in [0.15, 0.2) is 17.9 Å². The Labute approximate surface area is 335 Å². The molecule has 0 unspecified atom stereocenters. The highest BCUT2D eigenvalue weighted by Gasteiger charge is 2.52. The Morgan fingerprint density at radius 2 is 1.63 bits per heavy atom. The Balaban J connectivity index is 1.09. The van der Waals surface area contributed by atoms with Crippen LogP contribution in [-0.4, -0.2) is 98.5 Å². The van der Waals surface area contributed by atoms with Crippen LogP contribution in [0.15, 0.2) is 42.5 Å². The SMILES string of the molecule is COc1cccc2c1C(=O)c1c(O)c3c(c(O)c1C2=O)C[C@@](O)(C(C)=O)C[C@@H]3O[C@H]1C[C@H](NC(=S)OCc2ccc(B3OC(C)(C)C(C)(C)O3)cc2)[C@@H](O)[C@H](C)O1. The molecule has 5 N–H and O–H groups in total. The average Bonchev–Trinajstić information content (AvgIpc) is 3.38. The highest BCUT2D eigenvalue weighted by Crippen LogP contribution is 2.52. The van der Waals surface area contributed by atoms with E-state index in [1.807, 2.05) is 52.0 Å². The first-order valence-corrected chi connectivity index (χ1v) is 19.1. The maximum absolute atomic E-state index is 14.0. The number of thiocarbonyl (C=S) groups is 1. The van der Waals surface area contributed by atoms with Crippen LogP contribution >= 0.6 is 12.2 Å². The molecule has 16 heteroatoms. The summed E-state index contributed by atoms with van der Waals surface area (Å²) in [5.74, 6) is -3.34. The fourth-order valence-electron chi connectivity index (χ4n) is 7.86. The summed E-state index contributed by atoms with van der Waals surface area (Å²) in [7, 11) is 0.830. The molecule has 302 valence electrons. The van der Waals surface area contributed by atoms with Gasteiger partial charge in [0.2, 0.25) is 5.78 Å². The topological polar surface area (TPSA) is 200 Å². The highest BCUT2D eigenvalue weighted by atomic mass is 32.1. The van der Waals surface area contributed by atoms with E-state index in [0.29, 0.717) is 0 Å². The number of aliphatic hydroxyl groups is 2. The minimum absolute atomic E-state index is 0.00369. The third kappa shape index (κ3) is 7.11. The van der Waals surface area contributed by atoms with Crippen LogP contribution in [0.4, 0.5) is 0 Å². The fourth-order valence-corrected chi connectivity index (χ4v) is 8.07. The molecule has 0 radical (unpaired) electrons. The first-order valence-electron chi connectivity index (χ1n) is 18.7. The molecule has 6 atom stereocenters. The van der Waals surface area contributed by atoms with Crippen LogP contribution in [0, 0.1) is 0 Å². The summed E-state index contributed by atoms with van der Waals surface area (Å²) < 4.78 is 35.8. The predicted octanol–water partition coefficient (Wildman–Crippen LogP) is 3.46. The number of phenolic OH excluding ortho intramolecular Hbond substituents is 2. The summed E-state index contributed by atoms with van der Waals surface area (Å²) >= 11 is 5.49. The molecule has 0 amide bonds. The highest BCUT2D eigenvalue weighted by molar-refractivity contribution is 7.80. The van der Waals surface area contributed by atoms with Crippen molar-refractivity contribution in [3.63, 3.8) is 0 Å². The summed E-state index contributed by atoms with van der Waals surface area (Å²) in [6.07, 6.45) is -5.17. The normalized spacial score (nSPS) is 27.2. The van der Waals surface area contributed by atoms with Crippen molar-refractivity contribution >= 4 is 47.3 Å². The number of hydrogen-bond donors (Lipinski definition) is 5. The maximum Gasteiger partial charge on any atom is 0.494 e. The number of phenols is 2. The van der Waals surface area contributed by atoms with Crippen molar-refractivity contribution < 1.29 is 63.1 Å². The quantitative estimate of drug-likeness (QED) is 0.0985. The number of aromatic hydroxyl groups is 2. The Kier molecular flexibility index (Phi) is 10.6. The number of aliphatic hydroxyl groups excluding tert-OH is 1. The van der Waals surface area contributed by atoms with Gasteiger partial charge in [-0.05, 0) is 70.9 Å². The van der Waals surface area contributed by atoms with Gasteiger partial charge in [-0.3, -0.25) is 14.4 Å². The first-order chi connectivity index (χ1) is 26.8. The number of nitrogens with one attached hydrogen (secondary N) is 1. The van der Waals surface area contributed by atoms with E-state index in [4.69, 9.17) is 40.5 Å². The molecule has 2 aliphatic heterocycles. The van der Waals surface area contributed by atoms with E-state index in [9.17, 15) is 34.8 Å². The van der Waals surface area contributed by atoms with E-state index in [1.165, 1.54) is 32.2 Å². The number of fused-ring (bicyclic) bond motifs is 3. The van der Waals surface area contributed by atoms with Crippen LogP contribution < -0.4 is 15.5 Å². The number of carbonyl (C=O) groups is 3. The lowest BCUT2D eigenvalue weighted by molar-refractivity contribution is -0.248. The number of hydrogen-bond acceptors (Lipinski definition) is 14. The molecular formula is C41H46BNO13S. The van der Waals surface area contributed by atoms with Crippen LogP contribution in [0.5, 0.6) is 17.2 Å². The van der Waals surface area contributed by atoms with Crippen molar-refractivity contribution in [1.82, 2.24) is 5.32 Å². The van der Waals surface area contributed by atoms with Crippen molar-refractivity contribution in [2.45, 2.75) is 115 Å². The lowest BCUT2D eigenvalue weighted by Crippen LogP contribution is -2.55. The molecule has 7 rings (SSSR count). The van der Waals surface area contributed by atoms with Crippen LogP contribution in [0.3, 0.4) is 0 Å². The molecule has 0 aromatic heterocycles. The summed E-state index contributed by atoms with van der Waals surface area (Å²) in [5.41, 5.74) is -2.55. The zero-order chi connectivity index (χ0) is 41.4. The molecule has 0 saturated carbocycles. The largest absolute Gasteiger partial charge is 0.507 e. The molecule has 3 aromatic rings. The number of Topliss-reactive ketones (excluding diaryl/α,β-unsaturated/α-hetero) is 1. The van der Waals surface area contributed by atoms with Gasteiger partial charge in [-0.25, -0.2) is 0 Å². The molecule has 4 aliphatic rings. The third-order valence-corrected chi connectivity index (χ3v) is 12.2. The van der Waals surface area contributed by atoms with E-state index in [2.05, 4.69) is 5.32 Å². The lowest BCUT2D eigenvalue weighted by Gasteiger charge is -2.42. The van der Waals surface area contributed by atoms with Gasteiger partial charge in [-0.2, -0.15) is 0 Å². The van der Waals surface area contributed by atoms with Gasteiger partial charge in [-0.15, -0.1) is 0 Å². The first kappa shape index (κ1) is 40.8.